The van der Waals surface area contributed by atoms with Crippen LogP contribution in [0, 0.1) is 5.92 Å². The van der Waals surface area contributed by atoms with Gasteiger partial charge in [-0.2, -0.15) is 0 Å². The van der Waals surface area contributed by atoms with E-state index >= 15 is 0 Å². The van der Waals surface area contributed by atoms with E-state index in [1.165, 1.54) is 0 Å². The molecule has 102 valence electrons. The molecule has 2 heterocycles. The first-order valence-corrected chi connectivity index (χ1v) is 5.93. The number of aliphatic hydroxyl groups is 3. The molecule has 0 aromatic heterocycles. The van der Waals surface area contributed by atoms with Crippen LogP contribution in [-0.4, -0.2) is 73.8 Å². The molecule has 2 unspecified atom stereocenters. The topological polar surface area (TPSA) is 95.0 Å². The van der Waals surface area contributed by atoms with Gasteiger partial charge in [0.05, 0.1) is 26.4 Å². The van der Waals surface area contributed by atoms with E-state index in [-0.39, 0.29) is 25.7 Å². The van der Waals surface area contributed by atoms with E-state index in [4.69, 9.17) is 29.5 Å². The molecule has 3 N–H and O–H groups in total. The fourth-order valence-corrected chi connectivity index (χ4v) is 1.08. The summed E-state index contributed by atoms with van der Waals surface area (Å²) in [6.45, 7) is 3.21. The van der Waals surface area contributed by atoms with Crippen molar-refractivity contribution in [1.82, 2.24) is 0 Å². The Balaban J connectivity index is 0.000000172. The average molecular weight is 250 g/mol. The lowest BCUT2D eigenvalue weighted by molar-refractivity contribution is 0.102. The molecule has 2 saturated heterocycles. The van der Waals surface area contributed by atoms with Crippen molar-refractivity contribution in [2.45, 2.75) is 18.6 Å². The minimum Gasteiger partial charge on any atom is -0.396 e. The van der Waals surface area contributed by atoms with Gasteiger partial charge in [0.1, 0.15) is 12.2 Å². The third-order valence-electron chi connectivity index (χ3n) is 2.47. The molecule has 0 bridgehead atoms. The molecular weight excluding hydrogens is 228 g/mol. The fraction of sp³-hybridized carbons (Fsp3) is 1.00. The van der Waals surface area contributed by atoms with Gasteiger partial charge in [0.2, 0.25) is 0 Å². The molecule has 2 fully saturated rings. The minimum atomic E-state index is -0.139. The van der Waals surface area contributed by atoms with Crippen LogP contribution in [0.15, 0.2) is 0 Å². The second-order valence-corrected chi connectivity index (χ2v) is 4.19. The lowest BCUT2D eigenvalue weighted by atomic mass is 10.1. The lowest BCUT2D eigenvalue weighted by Gasteiger charge is -2.06. The maximum atomic E-state index is 8.39. The normalized spacial score (nSPS) is 25.4. The smallest absolute Gasteiger partial charge is 0.104 e. The third-order valence-corrected chi connectivity index (χ3v) is 2.47. The summed E-state index contributed by atoms with van der Waals surface area (Å²) in [5.74, 6) is -0.139. The van der Waals surface area contributed by atoms with Crippen LogP contribution in [0.5, 0.6) is 0 Å². The van der Waals surface area contributed by atoms with Crippen LogP contribution in [0.25, 0.3) is 0 Å². The molecule has 17 heavy (non-hydrogen) atoms. The van der Waals surface area contributed by atoms with Gasteiger partial charge in [-0.3, -0.25) is 0 Å². The summed E-state index contributed by atoms with van der Waals surface area (Å²) in [6.07, 6.45) is 1.26. The SMILES string of the molecule is C(OCC1CO1)C1CO1.OCCC(CO)CO. The molecule has 2 aliphatic rings. The van der Waals surface area contributed by atoms with Crippen LogP contribution < -0.4 is 0 Å². The Morgan fingerprint density at radius 2 is 1.47 bits per heavy atom. The van der Waals surface area contributed by atoms with Crippen molar-refractivity contribution in [2.75, 3.05) is 46.2 Å². The van der Waals surface area contributed by atoms with Gasteiger partial charge < -0.3 is 29.5 Å². The Hall–Kier alpha value is -0.240. The van der Waals surface area contributed by atoms with Crippen LogP contribution in [0.1, 0.15) is 6.42 Å². The number of epoxide rings is 2. The largest absolute Gasteiger partial charge is 0.396 e. The molecule has 6 nitrogen and oxygen atoms in total. The maximum Gasteiger partial charge on any atom is 0.104 e. The predicted molar refractivity (Wildman–Crippen MR) is 59.7 cm³/mol. The van der Waals surface area contributed by atoms with Crippen LogP contribution >= 0.6 is 0 Å². The van der Waals surface area contributed by atoms with E-state index in [2.05, 4.69) is 0 Å². The molecule has 2 aliphatic heterocycles. The van der Waals surface area contributed by atoms with E-state index in [1.807, 2.05) is 0 Å². The van der Waals surface area contributed by atoms with E-state index in [0.717, 1.165) is 26.4 Å². The Morgan fingerprint density at radius 1 is 1.00 bits per heavy atom. The zero-order chi connectivity index (χ0) is 12.5. The lowest BCUT2D eigenvalue weighted by Crippen LogP contribution is -2.12. The van der Waals surface area contributed by atoms with Crippen molar-refractivity contribution in [1.29, 1.82) is 0 Å². The average Bonchev–Trinajstić information content (AvgIpc) is 3.20. The molecule has 0 aromatic carbocycles. The van der Waals surface area contributed by atoms with Crippen LogP contribution in [-0.2, 0) is 14.2 Å². The number of hydrogen-bond acceptors (Lipinski definition) is 6. The van der Waals surface area contributed by atoms with Gasteiger partial charge in [-0.05, 0) is 6.42 Å². The summed E-state index contributed by atoms with van der Waals surface area (Å²) < 4.78 is 15.1. The van der Waals surface area contributed by atoms with E-state index < -0.39 is 0 Å². The van der Waals surface area contributed by atoms with Gasteiger partial charge in [-0.1, -0.05) is 0 Å². The highest BCUT2D eigenvalue weighted by Gasteiger charge is 2.26. The maximum absolute atomic E-state index is 8.39. The van der Waals surface area contributed by atoms with Gasteiger partial charge in [-0.25, -0.2) is 0 Å². The van der Waals surface area contributed by atoms with Crippen molar-refractivity contribution in [2.24, 2.45) is 5.92 Å². The van der Waals surface area contributed by atoms with Gasteiger partial charge in [-0.15, -0.1) is 0 Å². The first kappa shape index (κ1) is 14.8. The Bertz CT molecular complexity index is 165. The zero-order valence-electron chi connectivity index (χ0n) is 9.96. The summed E-state index contributed by atoms with van der Waals surface area (Å²) in [6, 6.07) is 0. The van der Waals surface area contributed by atoms with E-state index in [9.17, 15) is 0 Å². The molecule has 0 radical (unpaired) electrons. The highest BCUT2D eigenvalue weighted by Crippen LogP contribution is 2.12. The van der Waals surface area contributed by atoms with Crippen molar-refractivity contribution in [3.63, 3.8) is 0 Å². The summed E-state index contributed by atoms with van der Waals surface area (Å²) in [5.41, 5.74) is 0. The summed E-state index contributed by atoms with van der Waals surface area (Å²) >= 11 is 0. The highest BCUT2D eigenvalue weighted by atomic mass is 16.6. The standard InChI is InChI=1S/C6H10O3.C5H12O3/c1(5-3-8-5)7-2-6-4-9-6;6-2-1-5(3-7)4-8/h5-6H,1-4H2;5-8H,1-4H2. The van der Waals surface area contributed by atoms with Gasteiger partial charge in [0, 0.05) is 25.7 Å². The fourth-order valence-electron chi connectivity index (χ4n) is 1.08. The van der Waals surface area contributed by atoms with Crippen molar-refractivity contribution < 1.29 is 29.5 Å². The Morgan fingerprint density at radius 3 is 1.71 bits per heavy atom. The monoisotopic (exact) mass is 250 g/mol. The number of hydrogen-bond donors (Lipinski definition) is 3. The minimum absolute atomic E-state index is 0.0335. The molecular formula is C11H22O6. The first-order valence-electron chi connectivity index (χ1n) is 5.93. The van der Waals surface area contributed by atoms with Gasteiger partial charge >= 0.3 is 0 Å². The molecule has 2 rings (SSSR count). The van der Waals surface area contributed by atoms with Crippen LogP contribution in [0.2, 0.25) is 0 Å². The molecule has 0 aromatic rings. The van der Waals surface area contributed by atoms with E-state index in [0.29, 0.717) is 18.6 Å². The second kappa shape index (κ2) is 8.79. The number of rotatable bonds is 8. The molecule has 0 amide bonds. The third kappa shape index (κ3) is 8.48. The molecule has 6 heteroatoms. The Kier molecular flexibility index (Phi) is 7.67. The second-order valence-electron chi connectivity index (χ2n) is 4.19. The van der Waals surface area contributed by atoms with Crippen molar-refractivity contribution in [3.8, 4) is 0 Å². The quantitative estimate of drug-likeness (QED) is 0.467. The van der Waals surface area contributed by atoms with E-state index in [1.54, 1.807) is 0 Å². The molecule has 2 atom stereocenters. The molecule has 0 aliphatic carbocycles. The summed E-state index contributed by atoms with van der Waals surface area (Å²) in [5, 5.41) is 25.0. The summed E-state index contributed by atoms with van der Waals surface area (Å²) in [7, 11) is 0. The van der Waals surface area contributed by atoms with Crippen molar-refractivity contribution >= 4 is 0 Å². The molecule has 0 spiro atoms. The highest BCUT2D eigenvalue weighted by molar-refractivity contribution is 4.71. The summed E-state index contributed by atoms with van der Waals surface area (Å²) in [4.78, 5) is 0. The first-order chi connectivity index (χ1) is 8.30. The Labute approximate surface area is 101 Å². The predicted octanol–water partition coefficient (Wildman–Crippen LogP) is -1.23. The number of ether oxygens (including phenoxy) is 3. The van der Waals surface area contributed by atoms with Gasteiger partial charge in [0.15, 0.2) is 0 Å². The van der Waals surface area contributed by atoms with Crippen LogP contribution in [0.3, 0.4) is 0 Å². The molecule has 0 saturated carbocycles. The van der Waals surface area contributed by atoms with Gasteiger partial charge in [0.25, 0.3) is 0 Å². The van der Waals surface area contributed by atoms with Crippen LogP contribution in [0.4, 0.5) is 0 Å². The number of aliphatic hydroxyl groups excluding tert-OH is 3. The van der Waals surface area contributed by atoms with Crippen molar-refractivity contribution in [3.05, 3.63) is 0 Å². The zero-order valence-corrected chi connectivity index (χ0v) is 9.96.